The van der Waals surface area contributed by atoms with Crippen LogP contribution in [0.4, 0.5) is 0 Å². The molecule has 3 N–H and O–H groups in total. The van der Waals surface area contributed by atoms with Crippen LogP contribution >= 0.6 is 15.0 Å². The van der Waals surface area contributed by atoms with Gasteiger partial charge >= 0.3 is 7.60 Å². The Bertz CT molecular complexity index is 467. The van der Waals surface area contributed by atoms with Crippen molar-refractivity contribution in [2.24, 2.45) is 0 Å². The summed E-state index contributed by atoms with van der Waals surface area (Å²) in [6, 6.07) is 0. The molecular weight excluding hydrogens is 286 g/mol. The van der Waals surface area contributed by atoms with Gasteiger partial charge in [0.1, 0.15) is 5.90 Å². The van der Waals surface area contributed by atoms with Crippen molar-refractivity contribution < 1.29 is 23.8 Å². The molecule has 0 bridgehead atoms. The van der Waals surface area contributed by atoms with Gasteiger partial charge in [-0.3, -0.25) is 9.13 Å². The smallest absolute Gasteiger partial charge is 0.335 e. The van der Waals surface area contributed by atoms with Gasteiger partial charge in [-0.25, -0.2) is 0 Å². The summed E-state index contributed by atoms with van der Waals surface area (Å²) in [4.78, 5) is 26.7. The number of hydrogen-bond donors (Lipinski definition) is 3. The van der Waals surface area contributed by atoms with E-state index >= 15 is 0 Å². The zero-order valence-corrected chi connectivity index (χ0v) is 13.3. The van der Waals surface area contributed by atoms with E-state index in [-0.39, 0.29) is 0 Å². The third kappa shape index (κ3) is 12.3. The molecule has 110 valence electrons. The Hall–Kier alpha value is -0.440. The molecule has 0 aliphatic rings. The number of allylic oxidation sites excluding steroid dienone is 5. The van der Waals surface area contributed by atoms with E-state index in [9.17, 15) is 14.0 Å². The molecule has 0 radical (unpaired) electrons. The maximum Gasteiger partial charge on any atom is 0.335 e. The van der Waals surface area contributed by atoms with Crippen molar-refractivity contribution in [3.63, 3.8) is 0 Å². The van der Waals surface area contributed by atoms with Gasteiger partial charge in [0.2, 0.25) is 7.37 Å². The molecule has 1 unspecified atom stereocenters. The molecule has 5 nitrogen and oxygen atoms in total. The van der Waals surface area contributed by atoms with E-state index in [2.05, 4.69) is 6.08 Å². The van der Waals surface area contributed by atoms with Crippen molar-refractivity contribution in [1.29, 1.82) is 0 Å². The van der Waals surface area contributed by atoms with Gasteiger partial charge < -0.3 is 14.7 Å². The molecule has 1 atom stereocenters. The van der Waals surface area contributed by atoms with Crippen LogP contribution in [0, 0.1) is 0 Å². The van der Waals surface area contributed by atoms with Gasteiger partial charge in [0, 0.05) is 5.82 Å². The quantitative estimate of drug-likeness (QED) is 0.379. The van der Waals surface area contributed by atoms with E-state index in [1.165, 1.54) is 11.6 Å². The first kappa shape index (κ1) is 18.6. The van der Waals surface area contributed by atoms with Crippen LogP contribution < -0.4 is 0 Å². The molecule has 0 aliphatic heterocycles. The average molecular weight is 308 g/mol. The number of rotatable bonds is 7. The minimum Gasteiger partial charge on any atom is -0.341 e. The zero-order chi connectivity index (χ0) is 15.1. The molecule has 0 fully saturated rings. The van der Waals surface area contributed by atoms with Crippen molar-refractivity contribution in [2.75, 3.05) is 5.90 Å². The summed E-state index contributed by atoms with van der Waals surface area (Å²) in [5, 5.41) is 0. The van der Waals surface area contributed by atoms with E-state index in [4.69, 9.17) is 9.79 Å². The summed E-state index contributed by atoms with van der Waals surface area (Å²) < 4.78 is 22.1. The SMILES string of the molecule is CC(C)=CCC/C(C)=C/C=C/P(=O)(O)CP(=O)(O)O. The van der Waals surface area contributed by atoms with Gasteiger partial charge in [-0.15, -0.1) is 0 Å². The third-order valence-electron chi connectivity index (χ3n) is 2.18. The summed E-state index contributed by atoms with van der Waals surface area (Å²) >= 11 is 0. The van der Waals surface area contributed by atoms with Crippen molar-refractivity contribution in [1.82, 2.24) is 0 Å². The molecule has 0 saturated heterocycles. The molecule has 19 heavy (non-hydrogen) atoms. The highest BCUT2D eigenvalue weighted by molar-refractivity contribution is 7.74. The molecular formula is C12H22O5P2. The fraction of sp³-hybridized carbons (Fsp3) is 0.500. The maximum absolute atomic E-state index is 11.5. The van der Waals surface area contributed by atoms with Crippen LogP contribution in [-0.2, 0) is 9.13 Å². The lowest BCUT2D eigenvalue weighted by molar-refractivity contribution is 0.376. The maximum atomic E-state index is 11.5. The second-order valence-electron chi connectivity index (χ2n) is 4.74. The highest BCUT2D eigenvalue weighted by Gasteiger charge is 2.26. The van der Waals surface area contributed by atoms with Gasteiger partial charge in [-0.05, 0) is 33.6 Å². The molecule has 0 spiro atoms. The minimum atomic E-state index is -4.47. The molecule has 0 aromatic carbocycles. The lowest BCUT2D eigenvalue weighted by atomic mass is 10.1. The molecule has 0 rings (SSSR count). The molecule has 0 aliphatic carbocycles. The largest absolute Gasteiger partial charge is 0.341 e. The lowest BCUT2D eigenvalue weighted by Gasteiger charge is -2.07. The van der Waals surface area contributed by atoms with Crippen LogP contribution in [0.5, 0.6) is 0 Å². The van der Waals surface area contributed by atoms with Gasteiger partial charge in [0.25, 0.3) is 0 Å². The normalized spacial score (nSPS) is 16.4. The van der Waals surface area contributed by atoms with Crippen molar-refractivity contribution in [3.8, 4) is 0 Å². The highest BCUT2D eigenvalue weighted by Crippen LogP contribution is 2.55. The van der Waals surface area contributed by atoms with Crippen LogP contribution in [0.1, 0.15) is 33.6 Å². The van der Waals surface area contributed by atoms with Gasteiger partial charge in [0.05, 0.1) is 0 Å². The van der Waals surface area contributed by atoms with Gasteiger partial charge in [-0.1, -0.05) is 29.4 Å². The molecule has 7 heteroatoms. The summed E-state index contributed by atoms with van der Waals surface area (Å²) in [7, 11) is -8.38. The predicted molar refractivity (Wildman–Crippen MR) is 78.3 cm³/mol. The first-order chi connectivity index (χ1) is 8.52. The first-order valence-corrected chi connectivity index (χ1v) is 9.57. The van der Waals surface area contributed by atoms with Crippen molar-refractivity contribution in [2.45, 2.75) is 33.6 Å². The van der Waals surface area contributed by atoms with Crippen LogP contribution in [-0.4, -0.2) is 20.6 Å². The van der Waals surface area contributed by atoms with Crippen LogP contribution in [0.15, 0.2) is 35.2 Å². The second kappa shape index (κ2) is 7.98. The average Bonchev–Trinajstić information content (AvgIpc) is 2.12. The Morgan fingerprint density at radius 3 is 2.16 bits per heavy atom. The fourth-order valence-corrected chi connectivity index (χ4v) is 4.17. The van der Waals surface area contributed by atoms with E-state index in [0.717, 1.165) is 24.2 Å². The topological polar surface area (TPSA) is 94.8 Å². The fourth-order valence-electron chi connectivity index (χ4n) is 1.32. The predicted octanol–water partition coefficient (Wildman–Crippen LogP) is 3.60. The molecule has 0 saturated carbocycles. The number of hydrogen-bond acceptors (Lipinski definition) is 2. The third-order valence-corrected chi connectivity index (χ3v) is 5.91. The monoisotopic (exact) mass is 308 g/mol. The van der Waals surface area contributed by atoms with Crippen LogP contribution in [0.3, 0.4) is 0 Å². The lowest BCUT2D eigenvalue weighted by Crippen LogP contribution is -1.87. The Labute approximate surface area is 114 Å². The van der Waals surface area contributed by atoms with Crippen molar-refractivity contribution >= 4 is 15.0 Å². The summed E-state index contributed by atoms with van der Waals surface area (Å²) in [5.41, 5.74) is 2.27. The van der Waals surface area contributed by atoms with Crippen molar-refractivity contribution in [3.05, 3.63) is 35.2 Å². The Kier molecular flexibility index (Phi) is 7.80. The van der Waals surface area contributed by atoms with Gasteiger partial charge in [0.15, 0.2) is 0 Å². The zero-order valence-electron chi connectivity index (χ0n) is 11.5. The van der Waals surface area contributed by atoms with E-state index in [0.29, 0.717) is 0 Å². The molecule has 0 aromatic rings. The van der Waals surface area contributed by atoms with E-state index in [1.54, 1.807) is 6.08 Å². The van der Waals surface area contributed by atoms with Crippen LogP contribution in [0.25, 0.3) is 0 Å². The Morgan fingerprint density at radius 1 is 1.11 bits per heavy atom. The van der Waals surface area contributed by atoms with E-state index < -0.39 is 20.9 Å². The summed E-state index contributed by atoms with van der Waals surface area (Å²) in [6.45, 7) is 5.93. The molecule has 0 heterocycles. The summed E-state index contributed by atoms with van der Waals surface area (Å²) in [5.74, 6) is -0.0440. The highest BCUT2D eigenvalue weighted by atomic mass is 31.2. The van der Waals surface area contributed by atoms with E-state index in [1.807, 2.05) is 20.8 Å². The Morgan fingerprint density at radius 2 is 1.68 bits per heavy atom. The molecule has 0 aromatic heterocycles. The van der Waals surface area contributed by atoms with Crippen LogP contribution in [0.2, 0.25) is 0 Å². The molecule has 0 amide bonds. The first-order valence-electron chi connectivity index (χ1n) is 5.86. The Balaban J connectivity index is 4.44. The van der Waals surface area contributed by atoms with Gasteiger partial charge in [-0.2, -0.15) is 0 Å². The second-order valence-corrected chi connectivity index (χ2v) is 9.01. The summed E-state index contributed by atoms with van der Waals surface area (Å²) in [6.07, 6.45) is 6.91. The standard InChI is InChI=1S/C12H22O5P2/c1-11(2)6-4-7-12(3)8-5-9-18(13,14)10-19(15,16)17/h5-6,8-9H,4,7,10H2,1-3H3,(H,13,14)(H2,15,16,17)/b9-5+,12-8+. The minimum absolute atomic E-state index is 0.837.